The van der Waals surface area contributed by atoms with Crippen molar-refractivity contribution < 1.29 is 15.3 Å². The average molecular weight is 321 g/mol. The van der Waals surface area contributed by atoms with Crippen LogP contribution in [0.25, 0.3) is 0 Å². The molecule has 0 unspecified atom stereocenters. The zero-order valence-electron chi connectivity index (χ0n) is 11.6. The van der Waals surface area contributed by atoms with Gasteiger partial charge in [0.1, 0.15) is 5.75 Å². The van der Waals surface area contributed by atoms with Gasteiger partial charge >= 0.3 is 0 Å². The second kappa shape index (κ2) is 5.47. The zero-order valence-corrected chi connectivity index (χ0v) is 12.4. The lowest BCUT2D eigenvalue weighted by Gasteiger charge is -2.28. The van der Waals surface area contributed by atoms with E-state index in [0.29, 0.717) is 42.0 Å². The molecule has 0 atom stereocenters. The number of hydrogen-bond acceptors (Lipinski definition) is 6. The Morgan fingerprint density at radius 3 is 2.64 bits per heavy atom. The number of aromatic nitrogens is 2. The Balaban J connectivity index is 1.86. The molecule has 8 heteroatoms. The van der Waals surface area contributed by atoms with Crippen LogP contribution in [-0.2, 0) is 19.5 Å². The molecule has 7 nitrogen and oxygen atoms in total. The lowest BCUT2D eigenvalue weighted by atomic mass is 10.1. The third-order valence-electron chi connectivity index (χ3n) is 3.76. The minimum Gasteiger partial charge on any atom is -0.507 e. The van der Waals surface area contributed by atoms with E-state index in [9.17, 15) is 20.1 Å². The molecule has 0 amide bonds. The number of fused-ring (bicyclic) bond motifs is 1. The smallest absolute Gasteiger partial charge is 0.256 e. The summed E-state index contributed by atoms with van der Waals surface area (Å²) in [5, 5.41) is 28.7. The number of aromatic amines is 2. The third-order valence-corrected chi connectivity index (χ3v) is 3.96. The van der Waals surface area contributed by atoms with Gasteiger partial charge in [0.05, 0.1) is 5.56 Å². The van der Waals surface area contributed by atoms with Crippen molar-refractivity contribution in [2.24, 2.45) is 0 Å². The van der Waals surface area contributed by atoms with Crippen molar-refractivity contribution in [2.45, 2.75) is 19.5 Å². The number of nitrogens with zero attached hydrogens (tertiary/aromatic N) is 1. The number of phenolic OH excluding ortho intramolecular Hbond substituents is 3. The summed E-state index contributed by atoms with van der Waals surface area (Å²) in [6.45, 7) is 1.45. The van der Waals surface area contributed by atoms with Crippen molar-refractivity contribution in [1.82, 2.24) is 14.9 Å². The molecule has 1 aromatic heterocycles. The Bertz CT molecular complexity index is 843. The first-order valence-electron chi connectivity index (χ1n) is 6.74. The first-order chi connectivity index (χ1) is 10.4. The molecule has 1 aliphatic heterocycles. The van der Waals surface area contributed by atoms with E-state index < -0.39 is 0 Å². The summed E-state index contributed by atoms with van der Waals surface area (Å²) in [4.78, 5) is 19.5. The Morgan fingerprint density at radius 2 is 1.86 bits per heavy atom. The van der Waals surface area contributed by atoms with Crippen LogP contribution in [0.15, 0.2) is 16.9 Å². The van der Waals surface area contributed by atoms with Crippen LogP contribution in [-0.4, -0.2) is 36.7 Å². The molecule has 2 aromatic rings. The number of H-pyrrole nitrogens is 2. The van der Waals surface area contributed by atoms with E-state index in [1.807, 2.05) is 4.90 Å². The average Bonchev–Trinajstić information content (AvgIpc) is 2.45. The largest absolute Gasteiger partial charge is 0.507 e. The van der Waals surface area contributed by atoms with E-state index >= 15 is 0 Å². The molecule has 1 aromatic carbocycles. The molecule has 0 saturated carbocycles. The SMILES string of the molecule is O=c1[nH]c(=S)[nH]c2c1CN(Cc1cc(O)c(O)cc1O)CC2. The second-order valence-corrected chi connectivity index (χ2v) is 5.70. The first-order valence-corrected chi connectivity index (χ1v) is 7.15. The normalized spacial score (nSPS) is 14.7. The van der Waals surface area contributed by atoms with Crippen LogP contribution in [0, 0.1) is 4.77 Å². The Labute approximate surface area is 130 Å². The predicted octanol–water partition coefficient (Wildman–Crippen LogP) is 1.11. The number of hydrogen-bond donors (Lipinski definition) is 5. The van der Waals surface area contributed by atoms with Crippen LogP contribution < -0.4 is 5.56 Å². The maximum Gasteiger partial charge on any atom is 0.256 e. The van der Waals surface area contributed by atoms with Crippen LogP contribution >= 0.6 is 12.2 Å². The van der Waals surface area contributed by atoms with Crippen molar-refractivity contribution >= 4 is 12.2 Å². The molecule has 0 saturated heterocycles. The predicted molar refractivity (Wildman–Crippen MR) is 81.5 cm³/mol. The van der Waals surface area contributed by atoms with E-state index in [1.165, 1.54) is 6.07 Å². The summed E-state index contributed by atoms with van der Waals surface area (Å²) < 4.78 is 0.318. The van der Waals surface area contributed by atoms with Crippen LogP contribution in [0.2, 0.25) is 0 Å². The van der Waals surface area contributed by atoms with E-state index in [4.69, 9.17) is 12.2 Å². The summed E-state index contributed by atoms with van der Waals surface area (Å²) in [5.41, 5.74) is 1.74. The molecule has 2 heterocycles. The van der Waals surface area contributed by atoms with Crippen LogP contribution in [0.5, 0.6) is 17.2 Å². The maximum absolute atomic E-state index is 12.0. The van der Waals surface area contributed by atoms with Gasteiger partial charge in [0.2, 0.25) is 0 Å². The maximum atomic E-state index is 12.0. The van der Waals surface area contributed by atoms with Gasteiger partial charge < -0.3 is 20.3 Å². The molecule has 0 aliphatic carbocycles. The molecule has 22 heavy (non-hydrogen) atoms. The fraction of sp³-hybridized carbons (Fsp3) is 0.286. The summed E-state index contributed by atoms with van der Waals surface area (Å²) >= 11 is 4.95. The van der Waals surface area contributed by atoms with Crippen molar-refractivity contribution in [3.05, 3.63) is 44.1 Å². The van der Waals surface area contributed by atoms with Crippen molar-refractivity contribution in [2.75, 3.05) is 6.54 Å². The molecule has 1 aliphatic rings. The summed E-state index contributed by atoms with van der Waals surface area (Å²) in [6.07, 6.45) is 0.647. The zero-order chi connectivity index (χ0) is 15.9. The number of phenols is 3. The quantitative estimate of drug-likeness (QED) is 0.322. The highest BCUT2D eigenvalue weighted by Gasteiger charge is 2.21. The van der Waals surface area contributed by atoms with Gasteiger partial charge in [-0.25, -0.2) is 0 Å². The van der Waals surface area contributed by atoms with Gasteiger partial charge in [0, 0.05) is 43.4 Å². The fourth-order valence-corrected chi connectivity index (χ4v) is 2.84. The highest BCUT2D eigenvalue weighted by atomic mass is 32.1. The van der Waals surface area contributed by atoms with Crippen LogP contribution in [0.1, 0.15) is 16.8 Å². The highest BCUT2D eigenvalue weighted by molar-refractivity contribution is 7.71. The highest BCUT2D eigenvalue weighted by Crippen LogP contribution is 2.33. The lowest BCUT2D eigenvalue weighted by Crippen LogP contribution is -2.35. The molecule has 0 spiro atoms. The van der Waals surface area contributed by atoms with Gasteiger partial charge in [-0.05, 0) is 18.3 Å². The van der Waals surface area contributed by atoms with Gasteiger partial charge in [-0.15, -0.1) is 0 Å². The van der Waals surface area contributed by atoms with Crippen molar-refractivity contribution in [3.63, 3.8) is 0 Å². The van der Waals surface area contributed by atoms with E-state index in [2.05, 4.69) is 9.97 Å². The third kappa shape index (κ3) is 2.70. The van der Waals surface area contributed by atoms with Crippen LogP contribution in [0.4, 0.5) is 0 Å². The number of nitrogens with one attached hydrogen (secondary N) is 2. The molecule has 3 rings (SSSR count). The van der Waals surface area contributed by atoms with Gasteiger partial charge in [0.25, 0.3) is 5.56 Å². The minimum atomic E-state index is -0.366. The van der Waals surface area contributed by atoms with Gasteiger partial charge in [-0.2, -0.15) is 0 Å². The summed E-state index contributed by atoms with van der Waals surface area (Å²) in [7, 11) is 0. The molecular formula is C14H15N3O4S. The molecule has 0 radical (unpaired) electrons. The van der Waals surface area contributed by atoms with Gasteiger partial charge in [-0.3, -0.25) is 14.7 Å². The van der Waals surface area contributed by atoms with Crippen LogP contribution in [0.3, 0.4) is 0 Å². The fourth-order valence-electron chi connectivity index (χ4n) is 2.62. The monoisotopic (exact) mass is 321 g/mol. The standard InChI is InChI=1S/C14H15N3O4S/c18-10-4-12(20)11(19)3-7(10)5-17-2-1-9-8(6-17)13(21)16-14(22)15-9/h3-4,18-20H,1-2,5-6H2,(H2,15,16,21,22). The Hall–Kier alpha value is -2.32. The topological polar surface area (TPSA) is 113 Å². The van der Waals surface area contributed by atoms with Gasteiger partial charge in [0.15, 0.2) is 16.3 Å². The van der Waals surface area contributed by atoms with Crippen molar-refractivity contribution in [1.29, 1.82) is 0 Å². The molecule has 0 fully saturated rings. The molecule has 116 valence electrons. The molecule has 0 bridgehead atoms. The molecule has 5 N–H and O–H groups in total. The Kier molecular flexibility index (Phi) is 3.63. The second-order valence-electron chi connectivity index (χ2n) is 5.30. The number of benzene rings is 1. The van der Waals surface area contributed by atoms with E-state index in [-0.39, 0.29) is 22.8 Å². The van der Waals surface area contributed by atoms with E-state index in [0.717, 1.165) is 11.8 Å². The minimum absolute atomic E-state index is 0.0949. The van der Waals surface area contributed by atoms with E-state index in [1.54, 1.807) is 0 Å². The van der Waals surface area contributed by atoms with Gasteiger partial charge in [-0.1, -0.05) is 0 Å². The summed E-state index contributed by atoms with van der Waals surface area (Å²) in [6, 6.07) is 2.43. The first kappa shape index (κ1) is 14.6. The van der Waals surface area contributed by atoms with Crippen molar-refractivity contribution in [3.8, 4) is 17.2 Å². The summed E-state index contributed by atoms with van der Waals surface area (Å²) in [5.74, 6) is -0.746. The molecular weight excluding hydrogens is 306 g/mol. The Morgan fingerprint density at radius 1 is 1.14 bits per heavy atom. The number of aromatic hydroxyl groups is 3. The number of rotatable bonds is 2. The lowest BCUT2D eigenvalue weighted by molar-refractivity contribution is 0.238.